The standard InChI is InChI=1S/C13H13N7O2S/c1-9-16-12(10-5-3-4-6-15-10)18-13(17-9)19-23(21,22)11-7-14-8-20(11)2/h3-8H,1-2H3,(H,16,17,18,19). The summed E-state index contributed by atoms with van der Waals surface area (Å²) >= 11 is 0. The van der Waals surface area contributed by atoms with Crippen molar-refractivity contribution in [2.45, 2.75) is 11.9 Å². The molecule has 0 aliphatic carbocycles. The average Bonchev–Trinajstić information content (AvgIpc) is 2.94. The number of nitrogens with zero attached hydrogens (tertiary/aromatic N) is 6. The lowest BCUT2D eigenvalue weighted by Gasteiger charge is -2.08. The monoisotopic (exact) mass is 331 g/mol. The summed E-state index contributed by atoms with van der Waals surface area (Å²) in [5.41, 5.74) is 0.527. The highest BCUT2D eigenvalue weighted by molar-refractivity contribution is 7.92. The van der Waals surface area contributed by atoms with Gasteiger partial charge in [-0.05, 0) is 19.1 Å². The second-order valence-corrected chi connectivity index (χ2v) is 6.32. The maximum absolute atomic E-state index is 12.4. The first-order chi connectivity index (χ1) is 11.0. The van der Waals surface area contributed by atoms with Crippen molar-refractivity contribution in [2.75, 3.05) is 4.72 Å². The van der Waals surface area contributed by atoms with Gasteiger partial charge in [0.25, 0.3) is 10.0 Å². The summed E-state index contributed by atoms with van der Waals surface area (Å²) < 4.78 is 28.4. The van der Waals surface area contributed by atoms with Gasteiger partial charge in [0.1, 0.15) is 11.5 Å². The Morgan fingerprint density at radius 2 is 2.00 bits per heavy atom. The van der Waals surface area contributed by atoms with E-state index in [-0.39, 0.29) is 11.0 Å². The maximum atomic E-state index is 12.4. The minimum atomic E-state index is -3.84. The molecule has 0 aliphatic rings. The minimum Gasteiger partial charge on any atom is -0.323 e. The van der Waals surface area contributed by atoms with Crippen molar-refractivity contribution < 1.29 is 8.42 Å². The molecule has 3 aromatic rings. The van der Waals surface area contributed by atoms with Crippen LogP contribution in [0.15, 0.2) is 41.9 Å². The Balaban J connectivity index is 1.98. The first-order valence-corrected chi connectivity index (χ1v) is 8.07. The van der Waals surface area contributed by atoms with Crippen LogP contribution in [0.5, 0.6) is 0 Å². The van der Waals surface area contributed by atoms with Crippen LogP contribution in [0.2, 0.25) is 0 Å². The fraction of sp³-hybridized carbons (Fsp3) is 0.154. The Morgan fingerprint density at radius 1 is 1.17 bits per heavy atom. The second kappa shape index (κ2) is 5.72. The number of hydrogen-bond acceptors (Lipinski definition) is 7. The molecule has 9 nitrogen and oxygen atoms in total. The van der Waals surface area contributed by atoms with Crippen LogP contribution in [0.3, 0.4) is 0 Å². The molecule has 0 unspecified atom stereocenters. The van der Waals surface area contributed by atoms with Gasteiger partial charge in [0, 0.05) is 13.2 Å². The predicted octanol–water partition coefficient (Wildman–Crippen LogP) is 0.776. The zero-order valence-corrected chi connectivity index (χ0v) is 13.2. The van der Waals surface area contributed by atoms with Crippen LogP contribution < -0.4 is 4.72 Å². The second-order valence-electron chi connectivity index (χ2n) is 4.69. The van der Waals surface area contributed by atoms with E-state index < -0.39 is 10.0 Å². The van der Waals surface area contributed by atoms with E-state index >= 15 is 0 Å². The highest BCUT2D eigenvalue weighted by Crippen LogP contribution is 2.16. The Labute approximate surface area is 132 Å². The van der Waals surface area contributed by atoms with Gasteiger partial charge in [0.2, 0.25) is 5.95 Å². The zero-order valence-electron chi connectivity index (χ0n) is 12.4. The molecule has 118 valence electrons. The number of imidazole rings is 1. The fourth-order valence-corrected chi connectivity index (χ4v) is 2.98. The lowest BCUT2D eigenvalue weighted by molar-refractivity contribution is 0.590. The summed E-state index contributed by atoms with van der Waals surface area (Å²) in [5, 5.41) is 0.00921. The van der Waals surface area contributed by atoms with Gasteiger partial charge < -0.3 is 4.57 Å². The van der Waals surface area contributed by atoms with E-state index in [4.69, 9.17) is 0 Å². The van der Waals surface area contributed by atoms with E-state index in [9.17, 15) is 8.42 Å². The Morgan fingerprint density at radius 3 is 2.65 bits per heavy atom. The molecule has 0 aliphatic heterocycles. The topological polar surface area (TPSA) is 116 Å². The molecule has 10 heteroatoms. The molecule has 0 saturated carbocycles. The molecule has 0 atom stereocenters. The van der Waals surface area contributed by atoms with Gasteiger partial charge in [0.15, 0.2) is 10.9 Å². The molecule has 3 aromatic heterocycles. The molecule has 0 saturated heterocycles. The van der Waals surface area contributed by atoms with Gasteiger partial charge in [-0.2, -0.15) is 18.4 Å². The van der Waals surface area contributed by atoms with Gasteiger partial charge in [0.05, 0.1) is 12.5 Å². The summed E-state index contributed by atoms with van der Waals surface area (Å²) in [4.78, 5) is 20.3. The molecule has 1 N–H and O–H groups in total. The van der Waals surface area contributed by atoms with Gasteiger partial charge >= 0.3 is 0 Å². The molecule has 0 radical (unpaired) electrons. The maximum Gasteiger partial charge on any atom is 0.281 e. The number of aryl methyl sites for hydroxylation is 2. The summed E-state index contributed by atoms with van der Waals surface area (Å²) in [6, 6.07) is 5.29. The summed E-state index contributed by atoms with van der Waals surface area (Å²) in [6.45, 7) is 1.65. The predicted molar refractivity (Wildman–Crippen MR) is 81.8 cm³/mol. The number of sulfonamides is 1. The number of hydrogen-bond donors (Lipinski definition) is 1. The van der Waals surface area contributed by atoms with Crippen molar-refractivity contribution in [1.82, 2.24) is 29.5 Å². The molecule has 3 heterocycles. The van der Waals surface area contributed by atoms with Gasteiger partial charge in [-0.15, -0.1) is 0 Å². The van der Waals surface area contributed by atoms with Crippen LogP contribution in [0.25, 0.3) is 11.5 Å². The zero-order chi connectivity index (χ0) is 16.4. The summed E-state index contributed by atoms with van der Waals surface area (Å²) in [5.74, 6) is 0.600. The Hall–Kier alpha value is -2.88. The number of aromatic nitrogens is 6. The first-order valence-electron chi connectivity index (χ1n) is 6.59. The van der Waals surface area contributed by atoms with Gasteiger partial charge in [-0.25, -0.2) is 14.7 Å². The largest absolute Gasteiger partial charge is 0.323 e. The highest BCUT2D eigenvalue weighted by atomic mass is 32.2. The molecule has 23 heavy (non-hydrogen) atoms. The SMILES string of the molecule is Cc1nc(NS(=O)(=O)c2cncn2C)nc(-c2ccccn2)n1. The molecule has 3 rings (SSSR count). The Kier molecular flexibility index (Phi) is 3.74. The van der Waals surface area contributed by atoms with Crippen LogP contribution in [-0.4, -0.2) is 37.9 Å². The van der Waals surface area contributed by atoms with Crippen molar-refractivity contribution in [3.63, 3.8) is 0 Å². The van der Waals surface area contributed by atoms with E-state index in [0.29, 0.717) is 17.3 Å². The Bertz CT molecular complexity index is 938. The molecular weight excluding hydrogens is 318 g/mol. The first kappa shape index (κ1) is 15.0. The normalized spacial score (nSPS) is 11.4. The van der Waals surface area contributed by atoms with Crippen LogP contribution >= 0.6 is 0 Å². The molecular formula is C13H13N7O2S. The van der Waals surface area contributed by atoms with Crippen molar-refractivity contribution in [3.8, 4) is 11.5 Å². The van der Waals surface area contributed by atoms with Crippen LogP contribution in [-0.2, 0) is 17.1 Å². The number of anilines is 1. The van der Waals surface area contributed by atoms with E-state index in [2.05, 4.69) is 29.6 Å². The molecule has 0 aromatic carbocycles. The van der Waals surface area contributed by atoms with Crippen LogP contribution in [0.4, 0.5) is 5.95 Å². The van der Waals surface area contributed by atoms with Gasteiger partial charge in [-0.1, -0.05) is 6.07 Å². The van der Waals surface area contributed by atoms with Crippen molar-refractivity contribution in [1.29, 1.82) is 0 Å². The van der Waals surface area contributed by atoms with E-state index in [1.54, 1.807) is 38.4 Å². The highest BCUT2D eigenvalue weighted by Gasteiger charge is 2.20. The van der Waals surface area contributed by atoms with E-state index in [0.717, 1.165) is 0 Å². The van der Waals surface area contributed by atoms with Crippen LogP contribution in [0.1, 0.15) is 5.82 Å². The van der Waals surface area contributed by atoms with Crippen molar-refractivity contribution in [3.05, 3.63) is 42.7 Å². The van der Waals surface area contributed by atoms with Crippen molar-refractivity contribution in [2.24, 2.45) is 7.05 Å². The lowest BCUT2D eigenvalue weighted by atomic mass is 10.3. The molecule has 0 bridgehead atoms. The third kappa shape index (κ3) is 3.16. The number of nitrogens with one attached hydrogen (secondary N) is 1. The average molecular weight is 331 g/mol. The summed E-state index contributed by atoms with van der Waals surface area (Å²) in [6.07, 6.45) is 4.25. The van der Waals surface area contributed by atoms with Gasteiger partial charge in [-0.3, -0.25) is 4.98 Å². The quantitative estimate of drug-likeness (QED) is 0.751. The summed E-state index contributed by atoms with van der Waals surface area (Å²) in [7, 11) is -2.26. The fourth-order valence-electron chi connectivity index (χ4n) is 1.91. The van der Waals surface area contributed by atoms with Crippen molar-refractivity contribution >= 4 is 16.0 Å². The minimum absolute atomic E-state index is 0.00921. The molecule has 0 spiro atoms. The van der Waals surface area contributed by atoms with E-state index in [1.165, 1.54) is 17.1 Å². The smallest absolute Gasteiger partial charge is 0.281 e. The third-order valence-corrected chi connectivity index (χ3v) is 4.31. The van der Waals surface area contributed by atoms with Crippen LogP contribution in [0, 0.1) is 6.92 Å². The molecule has 0 fully saturated rings. The van der Waals surface area contributed by atoms with E-state index in [1.807, 2.05) is 0 Å². The molecule has 0 amide bonds. The number of rotatable bonds is 4. The lowest BCUT2D eigenvalue weighted by Crippen LogP contribution is -2.18. The third-order valence-electron chi connectivity index (χ3n) is 2.91. The number of pyridine rings is 1.